The zero-order valence-corrected chi connectivity index (χ0v) is 16.4. The molecule has 0 aromatic heterocycles. The minimum absolute atomic E-state index is 0.105. The van der Waals surface area contributed by atoms with E-state index in [1.165, 1.54) is 0 Å². The number of esters is 1. The Balaban J connectivity index is 2.03. The first-order chi connectivity index (χ1) is 10.8. The molecule has 0 fully saturated rings. The lowest BCUT2D eigenvalue weighted by atomic mass is 9.86. The molecule has 0 aliphatic rings. The molecule has 23 heavy (non-hydrogen) atoms. The lowest BCUT2D eigenvalue weighted by Crippen LogP contribution is -2.20. The number of ether oxygens (including phenoxy) is 2. The molecule has 0 saturated heterocycles. The Labute approximate surface area is 153 Å². The van der Waals surface area contributed by atoms with Crippen LogP contribution in [0, 0.1) is 0 Å². The largest absolute Gasteiger partial charge is 0.481 e. The summed E-state index contributed by atoms with van der Waals surface area (Å²) in [6.07, 6.45) is 0. The molecular weight excluding hydrogens is 424 g/mol. The summed E-state index contributed by atoms with van der Waals surface area (Å²) in [5.74, 6) is 0.731. The fraction of sp³-hybridized carbons (Fsp3) is 0.278. The Bertz CT molecular complexity index is 706. The number of benzene rings is 2. The highest BCUT2D eigenvalue weighted by Crippen LogP contribution is 2.31. The molecular formula is C18H18Br2O3. The summed E-state index contributed by atoms with van der Waals surface area (Å²) in [5, 5.41) is 0. The summed E-state index contributed by atoms with van der Waals surface area (Å²) in [6, 6.07) is 13.0. The molecule has 0 atom stereocenters. The normalized spacial score (nSPS) is 11.2. The maximum absolute atomic E-state index is 12.1. The van der Waals surface area contributed by atoms with Crippen LogP contribution in [0.5, 0.6) is 11.5 Å². The second kappa shape index (κ2) is 7.49. The third-order valence-electron chi connectivity index (χ3n) is 3.16. The van der Waals surface area contributed by atoms with Crippen molar-refractivity contribution < 1.29 is 14.3 Å². The van der Waals surface area contributed by atoms with E-state index in [1.54, 1.807) is 12.1 Å². The fourth-order valence-electron chi connectivity index (χ4n) is 2.06. The van der Waals surface area contributed by atoms with E-state index in [-0.39, 0.29) is 12.0 Å². The molecule has 0 aliphatic heterocycles. The van der Waals surface area contributed by atoms with Gasteiger partial charge in [0.2, 0.25) is 0 Å². The van der Waals surface area contributed by atoms with Crippen molar-refractivity contribution in [2.24, 2.45) is 0 Å². The zero-order chi connectivity index (χ0) is 17.0. The smallest absolute Gasteiger partial charge is 0.349 e. The Morgan fingerprint density at radius 2 is 1.74 bits per heavy atom. The SMILES string of the molecule is CC(C)(C)c1ccccc1OC(=O)COc1ccc(Br)cc1Br. The van der Waals surface area contributed by atoms with Gasteiger partial charge in [0.05, 0.1) is 4.47 Å². The molecule has 0 radical (unpaired) electrons. The molecule has 3 nitrogen and oxygen atoms in total. The quantitative estimate of drug-likeness (QED) is 0.464. The van der Waals surface area contributed by atoms with E-state index in [1.807, 2.05) is 30.3 Å². The molecule has 0 amide bonds. The maximum Gasteiger partial charge on any atom is 0.349 e. The summed E-state index contributed by atoms with van der Waals surface area (Å²) < 4.78 is 12.7. The van der Waals surface area contributed by atoms with Crippen LogP contribution in [0.1, 0.15) is 26.3 Å². The Hall–Kier alpha value is -1.33. The molecule has 0 saturated carbocycles. The fourth-order valence-corrected chi connectivity index (χ4v) is 3.22. The van der Waals surface area contributed by atoms with Crippen molar-refractivity contribution >= 4 is 37.8 Å². The van der Waals surface area contributed by atoms with E-state index in [0.717, 1.165) is 14.5 Å². The summed E-state index contributed by atoms with van der Waals surface area (Å²) in [4.78, 5) is 12.1. The molecule has 0 bridgehead atoms. The summed E-state index contributed by atoms with van der Waals surface area (Å²) in [7, 11) is 0. The molecule has 0 unspecified atom stereocenters. The van der Waals surface area contributed by atoms with Crippen LogP contribution in [0.25, 0.3) is 0 Å². The minimum Gasteiger partial charge on any atom is -0.481 e. The molecule has 2 aromatic rings. The van der Waals surface area contributed by atoms with Crippen molar-refractivity contribution in [1.29, 1.82) is 0 Å². The van der Waals surface area contributed by atoms with E-state index >= 15 is 0 Å². The first kappa shape index (κ1) is 18.0. The molecule has 2 aromatic carbocycles. The predicted octanol–water partition coefficient (Wildman–Crippen LogP) is 5.49. The topological polar surface area (TPSA) is 35.5 Å². The number of hydrogen-bond donors (Lipinski definition) is 0. The molecule has 122 valence electrons. The highest BCUT2D eigenvalue weighted by atomic mass is 79.9. The van der Waals surface area contributed by atoms with Crippen LogP contribution in [0.3, 0.4) is 0 Å². The monoisotopic (exact) mass is 440 g/mol. The zero-order valence-electron chi connectivity index (χ0n) is 13.2. The van der Waals surface area contributed by atoms with Gasteiger partial charge in [0, 0.05) is 10.0 Å². The molecule has 0 aliphatic carbocycles. The predicted molar refractivity (Wildman–Crippen MR) is 98.1 cm³/mol. The van der Waals surface area contributed by atoms with Crippen LogP contribution in [0.2, 0.25) is 0 Å². The molecule has 5 heteroatoms. The highest BCUT2D eigenvalue weighted by Gasteiger charge is 2.20. The lowest BCUT2D eigenvalue weighted by molar-refractivity contribution is -0.136. The van der Waals surface area contributed by atoms with Gasteiger partial charge >= 0.3 is 5.97 Å². The van der Waals surface area contributed by atoms with E-state index in [9.17, 15) is 4.79 Å². The van der Waals surface area contributed by atoms with Gasteiger partial charge in [0.1, 0.15) is 11.5 Å². The van der Waals surface area contributed by atoms with Crippen LogP contribution in [-0.2, 0) is 10.2 Å². The number of carbonyl (C=O) groups excluding carboxylic acids is 1. The Morgan fingerprint density at radius 1 is 1.04 bits per heavy atom. The van der Waals surface area contributed by atoms with Crippen LogP contribution in [-0.4, -0.2) is 12.6 Å². The van der Waals surface area contributed by atoms with Crippen molar-refractivity contribution in [3.8, 4) is 11.5 Å². The third kappa shape index (κ3) is 5.08. The minimum atomic E-state index is -0.434. The van der Waals surface area contributed by atoms with Crippen molar-refractivity contribution in [3.63, 3.8) is 0 Å². The Kier molecular flexibility index (Phi) is 5.87. The van der Waals surface area contributed by atoms with Crippen molar-refractivity contribution in [2.75, 3.05) is 6.61 Å². The summed E-state index contributed by atoms with van der Waals surface area (Å²) in [5.41, 5.74) is 0.880. The van der Waals surface area contributed by atoms with Gasteiger partial charge < -0.3 is 9.47 Å². The number of hydrogen-bond acceptors (Lipinski definition) is 3. The molecule has 0 spiro atoms. The van der Waals surface area contributed by atoms with E-state index in [0.29, 0.717) is 11.5 Å². The number of halogens is 2. The average molecular weight is 442 g/mol. The van der Waals surface area contributed by atoms with E-state index < -0.39 is 5.97 Å². The number of rotatable bonds is 4. The molecule has 0 N–H and O–H groups in total. The molecule has 2 rings (SSSR count). The molecule has 0 heterocycles. The first-order valence-electron chi connectivity index (χ1n) is 7.15. The maximum atomic E-state index is 12.1. The Morgan fingerprint density at radius 3 is 2.39 bits per heavy atom. The second-order valence-corrected chi connectivity index (χ2v) is 7.85. The van der Waals surface area contributed by atoms with Gasteiger partial charge in [0.15, 0.2) is 6.61 Å². The van der Waals surface area contributed by atoms with Crippen LogP contribution >= 0.6 is 31.9 Å². The van der Waals surface area contributed by atoms with Gasteiger partial charge in [-0.05, 0) is 45.6 Å². The summed E-state index contributed by atoms with van der Waals surface area (Å²) in [6.45, 7) is 6.08. The average Bonchev–Trinajstić information content (AvgIpc) is 2.46. The standard InChI is InChI=1S/C18H18Br2O3/c1-18(2,3)13-6-4-5-7-15(13)23-17(21)11-22-16-9-8-12(19)10-14(16)20/h4-10H,11H2,1-3H3. The van der Waals surface area contributed by atoms with Gasteiger partial charge in [-0.15, -0.1) is 0 Å². The van der Waals surface area contributed by atoms with Gasteiger partial charge in [-0.3, -0.25) is 0 Å². The second-order valence-electron chi connectivity index (χ2n) is 6.08. The van der Waals surface area contributed by atoms with Gasteiger partial charge in [-0.25, -0.2) is 4.79 Å². The number of para-hydroxylation sites is 1. The lowest BCUT2D eigenvalue weighted by Gasteiger charge is -2.22. The van der Waals surface area contributed by atoms with E-state index in [4.69, 9.17) is 9.47 Å². The number of carbonyl (C=O) groups is 1. The van der Waals surface area contributed by atoms with Crippen molar-refractivity contribution in [2.45, 2.75) is 26.2 Å². The van der Waals surface area contributed by atoms with Gasteiger partial charge in [0.25, 0.3) is 0 Å². The van der Waals surface area contributed by atoms with E-state index in [2.05, 4.69) is 52.6 Å². The van der Waals surface area contributed by atoms with Gasteiger partial charge in [-0.1, -0.05) is 54.9 Å². The first-order valence-corrected chi connectivity index (χ1v) is 8.74. The van der Waals surface area contributed by atoms with Crippen molar-refractivity contribution in [3.05, 3.63) is 57.0 Å². The van der Waals surface area contributed by atoms with Crippen molar-refractivity contribution in [1.82, 2.24) is 0 Å². The van der Waals surface area contributed by atoms with Crippen LogP contribution < -0.4 is 9.47 Å². The van der Waals surface area contributed by atoms with Crippen LogP contribution in [0.15, 0.2) is 51.4 Å². The third-order valence-corrected chi connectivity index (χ3v) is 4.27. The summed E-state index contributed by atoms with van der Waals surface area (Å²) >= 11 is 6.76. The van der Waals surface area contributed by atoms with Gasteiger partial charge in [-0.2, -0.15) is 0 Å². The van der Waals surface area contributed by atoms with Crippen LogP contribution in [0.4, 0.5) is 0 Å². The highest BCUT2D eigenvalue weighted by molar-refractivity contribution is 9.11.